The Morgan fingerprint density at radius 1 is 1.30 bits per heavy atom. The number of carbonyl (C=O) groups excluding carboxylic acids is 1. The summed E-state index contributed by atoms with van der Waals surface area (Å²) in [5.74, 6) is 0.518. The van der Waals surface area contributed by atoms with Gasteiger partial charge in [-0.05, 0) is 42.7 Å². The van der Waals surface area contributed by atoms with E-state index in [-0.39, 0.29) is 12.1 Å². The van der Waals surface area contributed by atoms with E-state index in [9.17, 15) is 4.79 Å². The number of rotatable bonds is 5. The maximum absolute atomic E-state index is 12.6. The lowest BCUT2D eigenvalue weighted by Crippen LogP contribution is -2.41. The molecule has 0 spiro atoms. The molecule has 0 unspecified atom stereocenters. The number of anilines is 1. The first-order chi connectivity index (χ1) is 13.1. The number of aromatic nitrogens is 1. The average Bonchev–Trinajstić information content (AvgIpc) is 3.17. The maximum atomic E-state index is 12.6. The highest BCUT2D eigenvalue weighted by Crippen LogP contribution is 2.34. The van der Waals surface area contributed by atoms with Crippen LogP contribution in [0.1, 0.15) is 30.0 Å². The van der Waals surface area contributed by atoms with Gasteiger partial charge < -0.3 is 15.5 Å². The molecule has 1 aliphatic heterocycles. The standard InChI is InChI=1S/C19H19Cl2N5O/c20-15-6-5-13(11-16(15)21)17-4-2-10-26(17)19(27)25-9-8-24-18-14(12-22)3-1-7-23-18/h1,3,5-7,11,17H,2,4,8-10H2,(H,23,24)(H,25,27)/t17-/m0/s1. The number of hydrogen-bond donors (Lipinski definition) is 2. The van der Waals surface area contributed by atoms with Crippen molar-refractivity contribution in [1.82, 2.24) is 15.2 Å². The summed E-state index contributed by atoms with van der Waals surface area (Å²) < 4.78 is 0. The molecule has 3 rings (SSSR count). The molecule has 1 aliphatic rings. The zero-order chi connectivity index (χ0) is 19.2. The molecule has 1 aromatic heterocycles. The number of amides is 2. The van der Waals surface area contributed by atoms with E-state index < -0.39 is 0 Å². The predicted octanol–water partition coefficient (Wildman–Crippen LogP) is 4.22. The second kappa shape index (κ2) is 8.94. The van der Waals surface area contributed by atoms with Crippen LogP contribution in [0.2, 0.25) is 10.0 Å². The zero-order valence-corrected chi connectivity index (χ0v) is 16.1. The van der Waals surface area contributed by atoms with Crippen LogP contribution in [-0.2, 0) is 0 Å². The summed E-state index contributed by atoms with van der Waals surface area (Å²) in [4.78, 5) is 18.5. The van der Waals surface area contributed by atoms with Gasteiger partial charge in [-0.1, -0.05) is 29.3 Å². The van der Waals surface area contributed by atoms with Crippen LogP contribution in [0.3, 0.4) is 0 Å². The Morgan fingerprint density at radius 2 is 2.15 bits per heavy atom. The lowest BCUT2D eigenvalue weighted by atomic mass is 10.0. The van der Waals surface area contributed by atoms with Gasteiger partial charge in [-0.2, -0.15) is 5.26 Å². The number of hydrogen-bond acceptors (Lipinski definition) is 4. The Hall–Kier alpha value is -2.49. The van der Waals surface area contributed by atoms with Gasteiger partial charge in [-0.25, -0.2) is 9.78 Å². The Morgan fingerprint density at radius 3 is 2.93 bits per heavy atom. The van der Waals surface area contributed by atoms with Gasteiger partial charge in [0.1, 0.15) is 11.9 Å². The molecule has 0 aliphatic carbocycles. The third-order valence-electron chi connectivity index (χ3n) is 4.46. The van der Waals surface area contributed by atoms with Crippen molar-refractivity contribution < 1.29 is 4.79 Å². The summed E-state index contributed by atoms with van der Waals surface area (Å²) in [7, 11) is 0. The molecule has 1 aromatic carbocycles. The van der Waals surface area contributed by atoms with Crippen molar-refractivity contribution in [2.45, 2.75) is 18.9 Å². The first-order valence-electron chi connectivity index (χ1n) is 8.68. The molecule has 1 fully saturated rings. The van der Waals surface area contributed by atoms with Gasteiger partial charge in [0, 0.05) is 25.8 Å². The molecule has 140 valence electrons. The van der Waals surface area contributed by atoms with Gasteiger partial charge >= 0.3 is 6.03 Å². The third-order valence-corrected chi connectivity index (χ3v) is 5.20. The Bertz CT molecular complexity index is 867. The average molecular weight is 404 g/mol. The van der Waals surface area contributed by atoms with Gasteiger partial charge in [0.05, 0.1) is 21.7 Å². The first-order valence-corrected chi connectivity index (χ1v) is 9.44. The van der Waals surface area contributed by atoms with Crippen molar-refractivity contribution in [2.75, 3.05) is 25.0 Å². The first kappa shape index (κ1) is 19.3. The molecule has 1 atom stereocenters. The van der Waals surface area contributed by atoms with Crippen molar-refractivity contribution in [3.05, 3.63) is 57.7 Å². The van der Waals surface area contributed by atoms with E-state index in [1.807, 2.05) is 17.0 Å². The third kappa shape index (κ3) is 4.62. The number of carbonyl (C=O) groups is 1. The van der Waals surface area contributed by atoms with Gasteiger partial charge in [-0.3, -0.25) is 0 Å². The van der Waals surface area contributed by atoms with Crippen LogP contribution in [-0.4, -0.2) is 35.5 Å². The van der Waals surface area contributed by atoms with Crippen LogP contribution in [0.15, 0.2) is 36.5 Å². The summed E-state index contributed by atoms with van der Waals surface area (Å²) in [6, 6.07) is 10.9. The minimum absolute atomic E-state index is 0.00583. The SMILES string of the molecule is N#Cc1cccnc1NCCNC(=O)N1CCC[C@H]1c1ccc(Cl)c(Cl)c1. The topological polar surface area (TPSA) is 81.0 Å². The van der Waals surface area contributed by atoms with Crippen LogP contribution in [0.5, 0.6) is 0 Å². The molecule has 2 aromatic rings. The van der Waals surface area contributed by atoms with E-state index in [0.717, 1.165) is 18.4 Å². The molecule has 2 N–H and O–H groups in total. The van der Waals surface area contributed by atoms with Gasteiger partial charge in [-0.15, -0.1) is 0 Å². The smallest absolute Gasteiger partial charge is 0.317 e. The Balaban J connectivity index is 1.54. The molecule has 2 heterocycles. The number of nitriles is 1. The highest BCUT2D eigenvalue weighted by Gasteiger charge is 2.30. The fourth-order valence-corrected chi connectivity index (χ4v) is 3.47. The van der Waals surface area contributed by atoms with Gasteiger partial charge in [0.15, 0.2) is 0 Å². The van der Waals surface area contributed by atoms with Crippen LogP contribution >= 0.6 is 23.2 Å². The molecule has 2 amide bonds. The second-order valence-corrected chi connectivity index (χ2v) is 7.01. The van der Waals surface area contributed by atoms with Crippen molar-refractivity contribution >= 4 is 35.1 Å². The van der Waals surface area contributed by atoms with Crippen LogP contribution in [0.4, 0.5) is 10.6 Å². The highest BCUT2D eigenvalue weighted by atomic mass is 35.5. The van der Waals surface area contributed by atoms with Crippen molar-refractivity contribution in [2.24, 2.45) is 0 Å². The molecule has 27 heavy (non-hydrogen) atoms. The molecular formula is C19H19Cl2N5O. The Labute approximate surface area is 168 Å². The molecule has 0 bridgehead atoms. The van der Waals surface area contributed by atoms with Crippen LogP contribution in [0.25, 0.3) is 0 Å². The number of nitrogens with one attached hydrogen (secondary N) is 2. The fraction of sp³-hybridized carbons (Fsp3) is 0.316. The number of benzene rings is 1. The minimum Gasteiger partial charge on any atom is -0.367 e. The largest absolute Gasteiger partial charge is 0.367 e. The molecule has 8 heteroatoms. The summed E-state index contributed by atoms with van der Waals surface area (Å²) in [5, 5.41) is 16.0. The number of likely N-dealkylation sites (tertiary alicyclic amines) is 1. The second-order valence-electron chi connectivity index (χ2n) is 6.20. The molecule has 0 saturated carbocycles. The van der Waals surface area contributed by atoms with E-state index in [0.29, 0.717) is 41.1 Å². The summed E-state index contributed by atoms with van der Waals surface area (Å²) in [6.45, 7) is 1.59. The summed E-state index contributed by atoms with van der Waals surface area (Å²) >= 11 is 12.1. The number of nitrogens with zero attached hydrogens (tertiary/aromatic N) is 3. The van der Waals surface area contributed by atoms with Crippen molar-refractivity contribution in [3.63, 3.8) is 0 Å². The monoisotopic (exact) mass is 403 g/mol. The van der Waals surface area contributed by atoms with E-state index in [4.69, 9.17) is 28.5 Å². The predicted molar refractivity (Wildman–Crippen MR) is 106 cm³/mol. The minimum atomic E-state index is -0.119. The van der Waals surface area contributed by atoms with Gasteiger partial charge in [0.25, 0.3) is 0 Å². The van der Waals surface area contributed by atoms with E-state index in [1.165, 1.54) is 0 Å². The number of halogens is 2. The lowest BCUT2D eigenvalue weighted by Gasteiger charge is -2.25. The normalized spacial score (nSPS) is 16.0. The fourth-order valence-electron chi connectivity index (χ4n) is 3.16. The molecular weight excluding hydrogens is 385 g/mol. The summed E-state index contributed by atoms with van der Waals surface area (Å²) in [6.07, 6.45) is 3.45. The van der Waals surface area contributed by atoms with Crippen LogP contribution < -0.4 is 10.6 Å². The van der Waals surface area contributed by atoms with Crippen molar-refractivity contribution in [3.8, 4) is 6.07 Å². The van der Waals surface area contributed by atoms with Crippen molar-refractivity contribution in [1.29, 1.82) is 5.26 Å². The zero-order valence-electron chi connectivity index (χ0n) is 14.6. The van der Waals surface area contributed by atoms with E-state index >= 15 is 0 Å². The van der Waals surface area contributed by atoms with Gasteiger partial charge in [0.2, 0.25) is 0 Å². The molecule has 6 nitrogen and oxygen atoms in total. The molecule has 1 saturated heterocycles. The molecule has 0 radical (unpaired) electrons. The lowest BCUT2D eigenvalue weighted by molar-refractivity contribution is 0.193. The van der Waals surface area contributed by atoms with E-state index in [2.05, 4.69) is 21.7 Å². The summed E-state index contributed by atoms with van der Waals surface area (Å²) in [5.41, 5.74) is 1.46. The maximum Gasteiger partial charge on any atom is 0.317 e. The van der Waals surface area contributed by atoms with E-state index in [1.54, 1.807) is 24.4 Å². The highest BCUT2D eigenvalue weighted by molar-refractivity contribution is 6.42. The Kier molecular flexibility index (Phi) is 6.38. The van der Waals surface area contributed by atoms with Crippen LogP contribution in [0, 0.1) is 11.3 Å². The number of urea groups is 1. The number of pyridine rings is 1. The quantitative estimate of drug-likeness (QED) is 0.732.